The van der Waals surface area contributed by atoms with Crippen LogP contribution in [0.25, 0.3) is 0 Å². The standard InChI is InChI=1S/C19H40OS/c1-2-3-4-5-6-7-8-9-10-11-12-13-14-15-16-17-18-19(20)21/h19-21H,2-18H2,1H3. The largest absolute Gasteiger partial charge is 0.383 e. The van der Waals surface area contributed by atoms with E-state index >= 15 is 0 Å². The van der Waals surface area contributed by atoms with Gasteiger partial charge >= 0.3 is 0 Å². The summed E-state index contributed by atoms with van der Waals surface area (Å²) < 4.78 is 0. The third-order valence-corrected chi connectivity index (χ3v) is 4.57. The van der Waals surface area contributed by atoms with Gasteiger partial charge in [0, 0.05) is 0 Å². The summed E-state index contributed by atoms with van der Waals surface area (Å²) in [7, 11) is 0. The number of aliphatic hydroxyl groups is 1. The minimum atomic E-state index is -0.406. The first-order chi connectivity index (χ1) is 10.3. The Hall–Kier alpha value is 0.310. The first-order valence-electron chi connectivity index (χ1n) is 9.63. The highest BCUT2D eigenvalue weighted by atomic mass is 32.1. The van der Waals surface area contributed by atoms with Gasteiger partial charge in [-0.15, -0.1) is 12.6 Å². The van der Waals surface area contributed by atoms with Crippen molar-refractivity contribution >= 4 is 12.6 Å². The zero-order valence-corrected chi connectivity index (χ0v) is 15.4. The summed E-state index contributed by atoms with van der Waals surface area (Å²) in [6.07, 6.45) is 23.2. The van der Waals surface area contributed by atoms with Crippen LogP contribution in [0.1, 0.15) is 116 Å². The molecule has 0 rings (SSSR count). The number of rotatable bonds is 17. The van der Waals surface area contributed by atoms with Gasteiger partial charge in [0.25, 0.3) is 0 Å². The van der Waals surface area contributed by atoms with Gasteiger partial charge in [0.15, 0.2) is 0 Å². The molecule has 1 unspecified atom stereocenters. The third-order valence-electron chi connectivity index (χ3n) is 4.32. The minimum Gasteiger partial charge on any atom is -0.383 e. The Bertz CT molecular complexity index is 182. The summed E-state index contributed by atoms with van der Waals surface area (Å²) in [4.78, 5) is 0. The van der Waals surface area contributed by atoms with Gasteiger partial charge in [-0.2, -0.15) is 0 Å². The van der Waals surface area contributed by atoms with Crippen molar-refractivity contribution in [2.24, 2.45) is 0 Å². The van der Waals surface area contributed by atoms with E-state index in [1.807, 2.05) is 0 Å². The quantitative estimate of drug-likeness (QED) is 0.170. The highest BCUT2D eigenvalue weighted by Crippen LogP contribution is 2.14. The lowest BCUT2D eigenvalue weighted by molar-refractivity contribution is 0.249. The number of thiol groups is 1. The van der Waals surface area contributed by atoms with E-state index in [0.29, 0.717) is 0 Å². The van der Waals surface area contributed by atoms with Crippen molar-refractivity contribution in [1.29, 1.82) is 0 Å². The molecular formula is C19H40OS. The summed E-state index contributed by atoms with van der Waals surface area (Å²) in [6, 6.07) is 0. The first kappa shape index (κ1) is 21.3. The van der Waals surface area contributed by atoms with Gasteiger partial charge in [0.2, 0.25) is 0 Å². The van der Waals surface area contributed by atoms with Crippen LogP contribution in [0.15, 0.2) is 0 Å². The Kier molecular flexibility index (Phi) is 18.6. The molecule has 0 aromatic rings. The average molecular weight is 317 g/mol. The van der Waals surface area contributed by atoms with E-state index in [1.165, 1.54) is 96.3 Å². The fourth-order valence-electron chi connectivity index (χ4n) is 2.88. The zero-order valence-electron chi connectivity index (χ0n) is 14.5. The molecule has 0 bridgehead atoms. The molecule has 0 radical (unpaired) electrons. The van der Waals surface area contributed by atoms with Crippen molar-refractivity contribution < 1.29 is 5.11 Å². The second-order valence-corrected chi connectivity index (χ2v) is 7.17. The van der Waals surface area contributed by atoms with Crippen LogP contribution in [-0.2, 0) is 0 Å². The van der Waals surface area contributed by atoms with E-state index in [2.05, 4.69) is 19.6 Å². The van der Waals surface area contributed by atoms with Crippen molar-refractivity contribution in [2.45, 2.75) is 122 Å². The second-order valence-electron chi connectivity index (χ2n) is 6.57. The molecule has 0 saturated carbocycles. The van der Waals surface area contributed by atoms with Crippen LogP contribution in [-0.4, -0.2) is 10.5 Å². The van der Waals surface area contributed by atoms with Gasteiger partial charge in [0.05, 0.1) is 5.44 Å². The maximum Gasteiger partial charge on any atom is 0.0964 e. The molecule has 0 saturated heterocycles. The van der Waals surface area contributed by atoms with Gasteiger partial charge < -0.3 is 5.11 Å². The van der Waals surface area contributed by atoms with Crippen LogP contribution < -0.4 is 0 Å². The van der Waals surface area contributed by atoms with Gasteiger partial charge in [-0.3, -0.25) is 0 Å². The summed E-state index contributed by atoms with van der Waals surface area (Å²) in [5, 5.41) is 9.03. The fraction of sp³-hybridized carbons (Fsp3) is 1.00. The predicted molar refractivity (Wildman–Crippen MR) is 99.2 cm³/mol. The lowest BCUT2D eigenvalue weighted by Crippen LogP contribution is -1.94. The molecule has 21 heavy (non-hydrogen) atoms. The summed E-state index contributed by atoms with van der Waals surface area (Å²) >= 11 is 3.98. The molecule has 0 aliphatic carbocycles. The highest BCUT2D eigenvalue weighted by Gasteiger charge is 1.97. The smallest absolute Gasteiger partial charge is 0.0964 e. The zero-order chi connectivity index (χ0) is 15.6. The second kappa shape index (κ2) is 18.4. The Balaban J connectivity index is 2.93. The molecule has 0 aromatic heterocycles. The van der Waals surface area contributed by atoms with Crippen LogP contribution in [0.3, 0.4) is 0 Å². The van der Waals surface area contributed by atoms with Crippen LogP contribution in [0.4, 0.5) is 0 Å². The third kappa shape index (κ3) is 20.3. The Morgan fingerprint density at radius 3 is 1.14 bits per heavy atom. The molecule has 0 aliphatic heterocycles. The van der Waals surface area contributed by atoms with E-state index in [-0.39, 0.29) is 0 Å². The molecule has 0 aromatic carbocycles. The van der Waals surface area contributed by atoms with Gasteiger partial charge in [0.1, 0.15) is 0 Å². The van der Waals surface area contributed by atoms with Crippen molar-refractivity contribution in [1.82, 2.24) is 0 Å². The van der Waals surface area contributed by atoms with Crippen molar-refractivity contribution in [2.75, 3.05) is 0 Å². The summed E-state index contributed by atoms with van der Waals surface area (Å²) in [6.45, 7) is 2.28. The molecule has 0 heterocycles. The number of unbranched alkanes of at least 4 members (excludes halogenated alkanes) is 15. The normalized spacial score (nSPS) is 12.7. The molecule has 0 aliphatic rings. The summed E-state index contributed by atoms with van der Waals surface area (Å²) in [5.41, 5.74) is -0.406. The van der Waals surface area contributed by atoms with Gasteiger partial charge in [-0.25, -0.2) is 0 Å². The van der Waals surface area contributed by atoms with E-state index in [9.17, 15) is 0 Å². The van der Waals surface area contributed by atoms with Crippen molar-refractivity contribution in [3.63, 3.8) is 0 Å². The lowest BCUT2D eigenvalue weighted by atomic mass is 10.0. The molecule has 0 fully saturated rings. The Morgan fingerprint density at radius 1 is 0.571 bits per heavy atom. The Morgan fingerprint density at radius 2 is 0.857 bits per heavy atom. The number of aliphatic hydroxyl groups excluding tert-OH is 1. The topological polar surface area (TPSA) is 20.2 Å². The van der Waals surface area contributed by atoms with E-state index < -0.39 is 5.44 Å². The Labute approximate surface area is 139 Å². The molecule has 128 valence electrons. The molecule has 0 amide bonds. The average Bonchev–Trinajstić information content (AvgIpc) is 2.46. The number of hydrogen-bond acceptors (Lipinski definition) is 2. The maximum atomic E-state index is 9.03. The summed E-state index contributed by atoms with van der Waals surface area (Å²) in [5.74, 6) is 0. The van der Waals surface area contributed by atoms with Crippen LogP contribution >= 0.6 is 12.6 Å². The fourth-order valence-corrected chi connectivity index (χ4v) is 3.06. The minimum absolute atomic E-state index is 0.406. The number of hydrogen-bond donors (Lipinski definition) is 2. The van der Waals surface area contributed by atoms with E-state index in [4.69, 9.17) is 5.11 Å². The molecule has 1 nitrogen and oxygen atoms in total. The highest BCUT2D eigenvalue weighted by molar-refractivity contribution is 7.80. The first-order valence-corrected chi connectivity index (χ1v) is 10.1. The van der Waals surface area contributed by atoms with Crippen LogP contribution in [0.5, 0.6) is 0 Å². The monoisotopic (exact) mass is 316 g/mol. The maximum absolute atomic E-state index is 9.03. The van der Waals surface area contributed by atoms with E-state index in [0.717, 1.165) is 12.8 Å². The van der Waals surface area contributed by atoms with Gasteiger partial charge in [-0.1, -0.05) is 110 Å². The van der Waals surface area contributed by atoms with Crippen molar-refractivity contribution in [3.8, 4) is 0 Å². The van der Waals surface area contributed by atoms with Crippen LogP contribution in [0, 0.1) is 0 Å². The van der Waals surface area contributed by atoms with E-state index in [1.54, 1.807) is 0 Å². The molecule has 1 N–H and O–H groups in total. The van der Waals surface area contributed by atoms with Gasteiger partial charge in [-0.05, 0) is 6.42 Å². The molecular weight excluding hydrogens is 276 g/mol. The predicted octanol–water partition coefficient (Wildman–Crippen LogP) is 6.89. The molecule has 0 spiro atoms. The van der Waals surface area contributed by atoms with Crippen LogP contribution in [0.2, 0.25) is 0 Å². The molecule has 1 atom stereocenters. The molecule has 2 heteroatoms. The van der Waals surface area contributed by atoms with Crippen molar-refractivity contribution in [3.05, 3.63) is 0 Å². The lowest BCUT2D eigenvalue weighted by Gasteiger charge is -2.04. The SMILES string of the molecule is CCCCCCCCCCCCCCCCCCC(O)S.